The van der Waals surface area contributed by atoms with Crippen LogP contribution in [-0.4, -0.2) is 11.4 Å². The Morgan fingerprint density at radius 2 is 1.50 bits per heavy atom. The van der Waals surface area contributed by atoms with E-state index in [1.807, 2.05) is 0 Å². The molecule has 0 saturated carbocycles. The zero-order chi connectivity index (χ0) is 4.71. The van der Waals surface area contributed by atoms with Gasteiger partial charge < -0.3 is 16.8 Å². The van der Waals surface area contributed by atoms with Crippen molar-refractivity contribution in [3.8, 4) is 0 Å². The van der Waals surface area contributed by atoms with E-state index in [-0.39, 0.29) is 21.1 Å². The molecule has 0 rings (SSSR count). The molecule has 0 aliphatic rings. The summed E-state index contributed by atoms with van der Waals surface area (Å²) >= 11 is 0. The van der Waals surface area contributed by atoms with Crippen LogP contribution in [0, 0.1) is 14.0 Å². The van der Waals surface area contributed by atoms with Gasteiger partial charge in [0, 0.05) is 0 Å². The summed E-state index contributed by atoms with van der Waals surface area (Å²) in [6.45, 7) is 2.81. The molecule has 0 unspecified atom stereocenters. The van der Waals surface area contributed by atoms with Crippen LogP contribution in [0.15, 0.2) is 0 Å². The number of rotatable bonds is 0. The zero-order valence-electron chi connectivity index (χ0n) is 3.26. The Bertz CT molecular complexity index is 16.3. The molecule has 6 heavy (non-hydrogen) atoms. The van der Waals surface area contributed by atoms with E-state index in [9.17, 15) is 0 Å². The summed E-state index contributed by atoms with van der Waals surface area (Å²) in [5, 5.41) is 6.75. The Morgan fingerprint density at radius 3 is 1.50 bits per heavy atom. The van der Waals surface area contributed by atoms with E-state index in [0.29, 0.717) is 6.29 Å². The van der Waals surface area contributed by atoms with Crippen molar-refractivity contribution in [3.05, 3.63) is 14.0 Å². The summed E-state index contributed by atoms with van der Waals surface area (Å²) in [5.74, 6) is 0. The van der Waals surface area contributed by atoms with Crippen LogP contribution in [0.4, 0.5) is 0 Å². The van der Waals surface area contributed by atoms with Gasteiger partial charge in [-0.05, 0) is 6.29 Å². The van der Waals surface area contributed by atoms with Crippen LogP contribution in [0.2, 0.25) is 0 Å². The van der Waals surface area contributed by atoms with Crippen molar-refractivity contribution in [3.63, 3.8) is 0 Å². The van der Waals surface area contributed by atoms with Gasteiger partial charge >= 0.3 is 21.1 Å². The maximum atomic E-state index is 8.69. The molecule has 2 nitrogen and oxygen atoms in total. The molecule has 0 saturated heterocycles. The molecule has 0 bridgehead atoms. The fraction of sp³-hybridized carbons (Fsp3) is 0. The third kappa shape index (κ3) is 1200. The molecule has 0 spiro atoms. The van der Waals surface area contributed by atoms with Gasteiger partial charge in [0.05, 0.1) is 0 Å². The second-order valence-corrected chi connectivity index (χ2v) is 0.167. The largest absolute Gasteiger partial charge is 2.00 e. The molecule has 0 radical (unpaired) electrons. The molecular formula is C3H6O2W. The fourth-order valence-electron chi connectivity index (χ4n) is 0. The minimum Gasteiger partial charge on any atom is -0.569 e. The van der Waals surface area contributed by atoms with E-state index in [1.165, 1.54) is 0 Å². The summed E-state index contributed by atoms with van der Waals surface area (Å²) in [7, 11) is 2.25. The molecule has 0 amide bonds. The van der Waals surface area contributed by atoms with Gasteiger partial charge in [-0.2, -0.15) is 0 Å². The summed E-state index contributed by atoms with van der Waals surface area (Å²) in [5.41, 5.74) is 0. The van der Waals surface area contributed by atoms with Gasteiger partial charge in [0.15, 0.2) is 0 Å². The number of aldehydes is 1. The maximum Gasteiger partial charge on any atom is 2.00 e. The molecule has 3 heteroatoms. The van der Waals surface area contributed by atoms with Gasteiger partial charge in [-0.15, -0.1) is 0 Å². The number of carbonyl (C=O) groups excluding carboxylic acids is 1. The Balaban J connectivity index is -0.0000000275. The van der Waals surface area contributed by atoms with Crippen LogP contribution in [0.1, 0.15) is 0 Å². The minimum atomic E-state index is 0. The van der Waals surface area contributed by atoms with E-state index in [0.717, 1.165) is 0 Å². The number of hydrogen-bond donors (Lipinski definition) is 1. The van der Waals surface area contributed by atoms with Gasteiger partial charge in [0.1, 0.15) is 0 Å². The van der Waals surface area contributed by atoms with Gasteiger partial charge in [-0.25, -0.2) is 7.11 Å². The van der Waals surface area contributed by atoms with Crippen molar-refractivity contribution in [2.45, 2.75) is 0 Å². The second kappa shape index (κ2) is 64.5. The van der Waals surface area contributed by atoms with Crippen LogP contribution in [0.3, 0.4) is 0 Å². The van der Waals surface area contributed by atoms with Crippen LogP contribution >= 0.6 is 0 Å². The fourth-order valence-corrected chi connectivity index (χ4v) is 0. The SMILES string of the molecule is [CH2-]C=O.[CH2-]O.[W+2]. The molecule has 0 aliphatic carbocycles. The number of aliphatic hydroxyl groups is 1. The molecule has 0 atom stereocenters. The predicted octanol–water partition coefficient (Wildman–Crippen LogP) is 0.167. The van der Waals surface area contributed by atoms with E-state index >= 15 is 0 Å². The molecule has 0 fully saturated rings. The maximum absolute atomic E-state index is 8.69. The topological polar surface area (TPSA) is 37.3 Å². The Hall–Kier alpha value is 0.188. The average Bonchev–Trinajstić information content (AvgIpc) is 1.46. The summed E-state index contributed by atoms with van der Waals surface area (Å²) < 4.78 is 0. The Morgan fingerprint density at radius 1 is 1.50 bits per heavy atom. The molecule has 0 heterocycles. The predicted molar refractivity (Wildman–Crippen MR) is 18.7 cm³/mol. The third-order valence-corrected chi connectivity index (χ3v) is 0. The molecule has 0 aliphatic heterocycles. The van der Waals surface area contributed by atoms with Gasteiger partial charge in [-0.3, -0.25) is 0 Å². The third-order valence-electron chi connectivity index (χ3n) is 0. The summed E-state index contributed by atoms with van der Waals surface area (Å²) in [6.07, 6.45) is 0.500. The first kappa shape index (κ1) is 16.4. The quantitative estimate of drug-likeness (QED) is 0.496. The van der Waals surface area contributed by atoms with Crippen molar-refractivity contribution in [2.75, 3.05) is 0 Å². The number of hydrogen-bond acceptors (Lipinski definition) is 2. The van der Waals surface area contributed by atoms with Crippen LogP contribution in [0.25, 0.3) is 0 Å². The van der Waals surface area contributed by atoms with Gasteiger partial charge in [-0.1, -0.05) is 0 Å². The van der Waals surface area contributed by atoms with Crippen molar-refractivity contribution in [2.24, 2.45) is 0 Å². The summed E-state index contributed by atoms with van der Waals surface area (Å²) in [6, 6.07) is 0. The van der Waals surface area contributed by atoms with E-state index in [4.69, 9.17) is 9.90 Å². The first-order valence-electron chi connectivity index (χ1n) is 0.960. The van der Waals surface area contributed by atoms with Gasteiger partial charge in [0.2, 0.25) is 0 Å². The van der Waals surface area contributed by atoms with Crippen LogP contribution in [-0.2, 0) is 25.9 Å². The van der Waals surface area contributed by atoms with Crippen LogP contribution in [0.5, 0.6) is 0 Å². The standard InChI is InChI=1S/C2H3O.CH3O.W/c1-2-3;1-2;/h2H,1H2;2H,1H2;/q2*-1;+2. The van der Waals surface area contributed by atoms with Crippen molar-refractivity contribution >= 4 is 6.29 Å². The van der Waals surface area contributed by atoms with Crippen molar-refractivity contribution in [1.82, 2.24) is 0 Å². The molecule has 36 valence electrons. The van der Waals surface area contributed by atoms with E-state index in [2.05, 4.69) is 14.0 Å². The van der Waals surface area contributed by atoms with E-state index < -0.39 is 0 Å². The van der Waals surface area contributed by atoms with Crippen LogP contribution < -0.4 is 0 Å². The molecule has 1 N–H and O–H groups in total. The normalized spacial score (nSPS) is 3.00. The molecule has 0 aromatic heterocycles. The summed E-state index contributed by atoms with van der Waals surface area (Å²) in [4.78, 5) is 8.69. The first-order valence-corrected chi connectivity index (χ1v) is 0.960. The zero-order valence-corrected chi connectivity index (χ0v) is 6.19. The molecule has 0 aromatic rings. The second-order valence-electron chi connectivity index (χ2n) is 0.167. The van der Waals surface area contributed by atoms with Crippen molar-refractivity contribution < 1.29 is 31.0 Å². The Labute approximate surface area is 51.8 Å². The molecular weight excluding hydrogens is 252 g/mol. The first-order chi connectivity index (χ1) is 2.41. The van der Waals surface area contributed by atoms with Gasteiger partial charge in [0.25, 0.3) is 0 Å². The Kier molecular flexibility index (Phi) is 176. The average molecular weight is 258 g/mol. The smallest absolute Gasteiger partial charge is 0.569 e. The minimum absolute atomic E-state index is 0. The van der Waals surface area contributed by atoms with E-state index in [1.54, 1.807) is 0 Å². The monoisotopic (exact) mass is 258 g/mol. The molecule has 0 aromatic carbocycles. The number of carbonyl (C=O) groups is 1. The number of aliphatic hydroxyl groups excluding tert-OH is 1. The van der Waals surface area contributed by atoms with Crippen molar-refractivity contribution in [1.29, 1.82) is 0 Å².